The van der Waals surface area contributed by atoms with Crippen LogP contribution in [0.15, 0.2) is 18.2 Å². The number of piperazine rings is 1. The number of anilines is 2. The number of hydrogen-bond donors (Lipinski definition) is 2. The first-order chi connectivity index (χ1) is 20.2. The van der Waals surface area contributed by atoms with Crippen LogP contribution in [-0.4, -0.2) is 66.8 Å². The monoisotopic (exact) mass is 611 g/mol. The van der Waals surface area contributed by atoms with Crippen molar-refractivity contribution in [1.82, 2.24) is 20.2 Å². The molecule has 42 heavy (non-hydrogen) atoms. The molecule has 220 valence electrons. The molecular formula is C30H32ClF2N7OS. The molecular weight excluding hydrogens is 580 g/mol. The lowest BCUT2D eigenvalue weighted by molar-refractivity contribution is 0.331. The predicted molar refractivity (Wildman–Crippen MR) is 164 cm³/mol. The van der Waals surface area contributed by atoms with E-state index in [0.29, 0.717) is 23.3 Å². The van der Waals surface area contributed by atoms with Gasteiger partial charge in [-0.15, -0.1) is 11.3 Å². The first kappa shape index (κ1) is 28.8. The van der Waals surface area contributed by atoms with Gasteiger partial charge in [0.05, 0.1) is 22.4 Å². The topological polar surface area (TPSA) is 103 Å². The van der Waals surface area contributed by atoms with Gasteiger partial charge in [0.25, 0.3) is 0 Å². The number of benzene rings is 2. The lowest BCUT2D eigenvalue weighted by atomic mass is 9.97. The van der Waals surface area contributed by atoms with Gasteiger partial charge in [-0.3, -0.25) is 0 Å². The summed E-state index contributed by atoms with van der Waals surface area (Å²) in [6.07, 6.45) is 4.95. The largest absolute Gasteiger partial charge is 0.467 e. The van der Waals surface area contributed by atoms with Gasteiger partial charge in [-0.05, 0) is 63.9 Å². The van der Waals surface area contributed by atoms with Crippen LogP contribution >= 0.6 is 22.9 Å². The summed E-state index contributed by atoms with van der Waals surface area (Å²) in [5.74, 6) is -0.688. The van der Waals surface area contributed by atoms with Crippen molar-refractivity contribution >= 4 is 54.7 Å². The normalized spacial score (nSPS) is 21.9. The van der Waals surface area contributed by atoms with E-state index in [2.05, 4.69) is 39.1 Å². The van der Waals surface area contributed by atoms with E-state index in [-0.39, 0.29) is 48.3 Å². The zero-order valence-electron chi connectivity index (χ0n) is 23.7. The van der Waals surface area contributed by atoms with Crippen molar-refractivity contribution in [2.24, 2.45) is 0 Å². The Morgan fingerprint density at radius 3 is 2.52 bits per heavy atom. The Labute approximate surface area is 252 Å². The summed E-state index contributed by atoms with van der Waals surface area (Å²) < 4.78 is 36.3. The third-order valence-corrected chi connectivity index (χ3v) is 9.95. The Morgan fingerprint density at radius 1 is 1.19 bits per heavy atom. The summed E-state index contributed by atoms with van der Waals surface area (Å²) in [5.41, 5.74) is 6.39. The molecule has 2 aromatic heterocycles. The number of methoxy groups -OCH3 is 1. The van der Waals surface area contributed by atoms with Gasteiger partial charge in [0.15, 0.2) is 5.82 Å². The minimum Gasteiger partial charge on any atom is -0.467 e. The van der Waals surface area contributed by atoms with Gasteiger partial charge in [0.2, 0.25) is 0 Å². The third-order valence-electron chi connectivity index (χ3n) is 8.63. The van der Waals surface area contributed by atoms with Crippen LogP contribution in [-0.2, 0) is 0 Å². The van der Waals surface area contributed by atoms with Crippen LogP contribution in [0, 0.1) is 23.0 Å². The maximum atomic E-state index is 16.3. The Hall–Kier alpha value is -3.30. The second-order valence-electron chi connectivity index (χ2n) is 11.2. The number of fused-ring (bicyclic) bond motifs is 4. The molecule has 5 heterocycles. The number of halogens is 3. The highest BCUT2D eigenvalue weighted by molar-refractivity contribution is 7.23. The van der Waals surface area contributed by atoms with Gasteiger partial charge in [-0.1, -0.05) is 17.7 Å². The second kappa shape index (κ2) is 11.4. The number of nitrogens with two attached hydrogens (primary N) is 1. The smallest absolute Gasteiger partial charge is 0.318 e. The van der Waals surface area contributed by atoms with Crippen molar-refractivity contribution in [2.45, 2.75) is 50.7 Å². The molecule has 7 rings (SSSR count). The van der Waals surface area contributed by atoms with Gasteiger partial charge in [0.1, 0.15) is 28.2 Å². The summed E-state index contributed by atoms with van der Waals surface area (Å²) in [4.78, 5) is 13.4. The van der Waals surface area contributed by atoms with E-state index in [4.69, 9.17) is 22.1 Å². The zero-order chi connectivity index (χ0) is 29.7. The number of ether oxygens (including phenoxy) is 1. The van der Waals surface area contributed by atoms with Crippen LogP contribution in [0.25, 0.3) is 32.1 Å². The highest BCUT2D eigenvalue weighted by atomic mass is 35.5. The van der Waals surface area contributed by atoms with E-state index in [1.54, 1.807) is 6.07 Å². The van der Waals surface area contributed by atoms with Gasteiger partial charge in [-0.25, -0.2) is 8.78 Å². The fourth-order valence-electron chi connectivity index (χ4n) is 6.29. The molecule has 2 aromatic carbocycles. The van der Waals surface area contributed by atoms with E-state index in [1.165, 1.54) is 38.6 Å². The van der Waals surface area contributed by atoms with Gasteiger partial charge >= 0.3 is 6.01 Å². The van der Waals surface area contributed by atoms with Crippen molar-refractivity contribution in [3.05, 3.63) is 40.4 Å². The summed E-state index contributed by atoms with van der Waals surface area (Å²) in [6.45, 7) is 5.05. The SMILES string of the molecule is CC1CCCN1C.COc1nc(N2CC3CCC(C2)N3)c2cc(Cl)c(-c3ccc(F)c4sc(N)c(C#N)c34)c(F)c2n1. The van der Waals surface area contributed by atoms with Crippen molar-refractivity contribution in [1.29, 1.82) is 5.26 Å². The van der Waals surface area contributed by atoms with E-state index < -0.39 is 11.6 Å². The molecule has 3 unspecified atom stereocenters. The predicted octanol–water partition coefficient (Wildman–Crippen LogP) is 5.95. The van der Waals surface area contributed by atoms with Crippen molar-refractivity contribution in [3.63, 3.8) is 0 Å². The van der Waals surface area contributed by atoms with Crippen LogP contribution in [0.5, 0.6) is 6.01 Å². The van der Waals surface area contributed by atoms with Crippen LogP contribution in [0.4, 0.5) is 19.6 Å². The lowest BCUT2D eigenvalue weighted by Crippen LogP contribution is -2.51. The highest BCUT2D eigenvalue weighted by Gasteiger charge is 2.34. The standard InChI is InChI=1S/C24H19ClF2N6OS.C6H13N/c1-34-24-31-20-13(23(32-24)33-8-10-2-3-11(9-33)30-10)6-15(25)18(19(20)27)12-4-5-16(26)21-17(12)14(7-28)22(29)35-21;1-6-4-3-5-7(6)2/h4-6,10-11,30H,2-3,8-9,29H2,1H3;6H,3-5H2,1-2H3. The number of aromatic nitrogens is 2. The Kier molecular flexibility index (Phi) is 7.83. The fourth-order valence-corrected chi connectivity index (χ4v) is 7.54. The molecule has 0 radical (unpaired) electrons. The molecule has 12 heteroatoms. The van der Waals surface area contributed by atoms with E-state index in [1.807, 2.05) is 6.07 Å². The molecule has 3 fully saturated rings. The van der Waals surface area contributed by atoms with E-state index in [9.17, 15) is 9.65 Å². The number of likely N-dealkylation sites (tertiary alicyclic amines) is 1. The molecule has 4 aromatic rings. The molecule has 0 spiro atoms. The van der Waals surface area contributed by atoms with Gasteiger partial charge in [0, 0.05) is 47.6 Å². The minimum atomic E-state index is -0.700. The Bertz CT molecular complexity index is 1700. The fraction of sp³-hybridized carbons (Fsp3) is 0.433. The number of nitrogen functional groups attached to an aromatic ring is 1. The molecule has 2 bridgehead atoms. The molecule has 3 aliphatic rings. The first-order valence-electron chi connectivity index (χ1n) is 14.1. The molecule has 3 N–H and O–H groups in total. The average Bonchev–Trinajstić information content (AvgIpc) is 3.64. The van der Waals surface area contributed by atoms with Gasteiger partial charge < -0.3 is 25.6 Å². The quantitative estimate of drug-likeness (QED) is 0.293. The van der Waals surface area contributed by atoms with Gasteiger partial charge in [-0.2, -0.15) is 15.2 Å². The summed E-state index contributed by atoms with van der Waals surface area (Å²) in [6, 6.07) is 7.83. The average molecular weight is 612 g/mol. The number of thiophene rings is 1. The molecule has 0 amide bonds. The molecule has 0 saturated carbocycles. The van der Waals surface area contributed by atoms with Crippen LogP contribution < -0.4 is 20.7 Å². The second-order valence-corrected chi connectivity index (χ2v) is 12.7. The lowest BCUT2D eigenvalue weighted by Gasteiger charge is -2.34. The molecule has 8 nitrogen and oxygen atoms in total. The first-order valence-corrected chi connectivity index (χ1v) is 15.3. The van der Waals surface area contributed by atoms with Crippen LogP contribution in [0.1, 0.15) is 38.2 Å². The summed E-state index contributed by atoms with van der Waals surface area (Å²) in [5, 5.41) is 14.2. The van der Waals surface area contributed by atoms with Crippen molar-refractivity contribution in [2.75, 3.05) is 44.4 Å². The van der Waals surface area contributed by atoms with E-state index in [0.717, 1.165) is 43.3 Å². The number of nitriles is 1. The maximum absolute atomic E-state index is 16.3. The molecule has 3 saturated heterocycles. The minimum absolute atomic E-state index is 0.0190. The molecule has 0 aliphatic carbocycles. The Balaban J connectivity index is 0.000000397. The number of hydrogen-bond acceptors (Lipinski definition) is 9. The molecule has 3 aliphatic heterocycles. The highest BCUT2D eigenvalue weighted by Crippen LogP contribution is 2.45. The molecule has 3 atom stereocenters. The van der Waals surface area contributed by atoms with E-state index >= 15 is 4.39 Å². The zero-order valence-corrected chi connectivity index (χ0v) is 25.3. The number of nitrogens with zero attached hydrogens (tertiary/aromatic N) is 5. The summed E-state index contributed by atoms with van der Waals surface area (Å²) >= 11 is 7.62. The number of nitrogens with one attached hydrogen (secondary N) is 1. The number of rotatable bonds is 3. The Morgan fingerprint density at radius 2 is 1.93 bits per heavy atom. The van der Waals surface area contributed by atoms with Crippen LogP contribution in [0.3, 0.4) is 0 Å². The maximum Gasteiger partial charge on any atom is 0.318 e. The third kappa shape index (κ3) is 5.00. The van der Waals surface area contributed by atoms with Crippen molar-refractivity contribution in [3.8, 4) is 23.2 Å². The summed E-state index contributed by atoms with van der Waals surface area (Å²) in [7, 11) is 3.62. The van der Waals surface area contributed by atoms with Crippen LogP contribution in [0.2, 0.25) is 5.02 Å². The van der Waals surface area contributed by atoms with Crippen molar-refractivity contribution < 1.29 is 13.5 Å².